The first-order chi connectivity index (χ1) is 11.7. The van der Waals surface area contributed by atoms with Crippen molar-refractivity contribution in [3.63, 3.8) is 0 Å². The molecule has 0 aliphatic heterocycles. The lowest BCUT2D eigenvalue weighted by atomic mass is 10.3. The Morgan fingerprint density at radius 1 is 1.21 bits per heavy atom. The Kier molecular flexibility index (Phi) is 6.64. The Hall–Kier alpha value is -3.02. The van der Waals surface area contributed by atoms with Gasteiger partial charge in [0.2, 0.25) is 5.88 Å². The van der Waals surface area contributed by atoms with Crippen LogP contribution in [0, 0.1) is 0 Å². The maximum atomic E-state index is 11.5. The van der Waals surface area contributed by atoms with Gasteiger partial charge in [0, 0.05) is 25.4 Å². The van der Waals surface area contributed by atoms with Crippen molar-refractivity contribution in [1.82, 2.24) is 15.6 Å². The molecule has 6 nitrogen and oxygen atoms in total. The predicted molar refractivity (Wildman–Crippen MR) is 92.4 cm³/mol. The van der Waals surface area contributed by atoms with E-state index < -0.39 is 0 Å². The van der Waals surface area contributed by atoms with E-state index >= 15 is 0 Å². The van der Waals surface area contributed by atoms with Gasteiger partial charge >= 0.3 is 6.03 Å². The zero-order valence-electron chi connectivity index (χ0n) is 13.6. The Bertz CT molecular complexity index is 671. The molecule has 0 unspecified atom stereocenters. The van der Waals surface area contributed by atoms with Crippen LogP contribution in [0.2, 0.25) is 0 Å². The van der Waals surface area contributed by atoms with Gasteiger partial charge < -0.3 is 20.1 Å². The summed E-state index contributed by atoms with van der Waals surface area (Å²) in [5.74, 6) is 1.75. The third-order valence-electron chi connectivity index (χ3n) is 3.02. The quantitative estimate of drug-likeness (QED) is 0.730. The van der Waals surface area contributed by atoms with Crippen molar-refractivity contribution in [3.8, 4) is 17.4 Å². The number of nitrogens with zero attached hydrogens (tertiary/aromatic N) is 1. The summed E-state index contributed by atoms with van der Waals surface area (Å²) in [5.41, 5.74) is 0.870. The van der Waals surface area contributed by atoms with Crippen molar-refractivity contribution in [2.75, 3.05) is 13.2 Å². The van der Waals surface area contributed by atoms with Crippen molar-refractivity contribution >= 4 is 6.03 Å². The molecule has 126 valence electrons. The second-order valence-electron chi connectivity index (χ2n) is 4.84. The van der Waals surface area contributed by atoms with E-state index in [2.05, 4.69) is 22.2 Å². The van der Waals surface area contributed by atoms with Crippen LogP contribution in [-0.4, -0.2) is 24.2 Å². The number of ether oxygens (including phenoxy) is 2. The van der Waals surface area contributed by atoms with Gasteiger partial charge in [-0.1, -0.05) is 24.3 Å². The SMILES string of the molecule is C=CCNC(=O)NCc1ccc(Oc2ccccc2OCC)nc1. The molecule has 6 heteroatoms. The predicted octanol–water partition coefficient (Wildman–Crippen LogP) is 3.26. The number of para-hydroxylation sites is 2. The molecule has 0 atom stereocenters. The summed E-state index contributed by atoms with van der Waals surface area (Å²) in [5, 5.41) is 5.37. The van der Waals surface area contributed by atoms with E-state index in [0.717, 1.165) is 5.56 Å². The molecule has 2 rings (SSSR count). The van der Waals surface area contributed by atoms with E-state index in [0.29, 0.717) is 37.1 Å². The van der Waals surface area contributed by atoms with Crippen LogP contribution in [0.1, 0.15) is 12.5 Å². The molecular formula is C18H21N3O3. The van der Waals surface area contributed by atoms with Gasteiger partial charge in [-0.05, 0) is 24.6 Å². The Morgan fingerprint density at radius 3 is 2.67 bits per heavy atom. The molecule has 0 saturated heterocycles. The van der Waals surface area contributed by atoms with E-state index in [-0.39, 0.29) is 6.03 Å². The van der Waals surface area contributed by atoms with Crippen molar-refractivity contribution < 1.29 is 14.3 Å². The molecule has 0 bridgehead atoms. The molecule has 0 saturated carbocycles. The molecule has 1 aromatic heterocycles. The smallest absolute Gasteiger partial charge is 0.315 e. The summed E-state index contributed by atoms with van der Waals surface area (Å²) in [6.07, 6.45) is 3.28. The normalized spacial score (nSPS) is 9.88. The number of carbonyl (C=O) groups is 1. The molecule has 24 heavy (non-hydrogen) atoms. The second kappa shape index (κ2) is 9.19. The molecule has 1 aromatic carbocycles. The van der Waals surface area contributed by atoms with Crippen LogP contribution in [0.5, 0.6) is 17.4 Å². The average molecular weight is 327 g/mol. The Balaban J connectivity index is 1.92. The minimum atomic E-state index is -0.249. The van der Waals surface area contributed by atoms with Crippen LogP contribution >= 0.6 is 0 Å². The van der Waals surface area contributed by atoms with Gasteiger partial charge in [0.15, 0.2) is 11.5 Å². The average Bonchev–Trinajstić information content (AvgIpc) is 2.61. The fourth-order valence-corrected chi connectivity index (χ4v) is 1.91. The van der Waals surface area contributed by atoms with Crippen LogP contribution in [-0.2, 0) is 6.54 Å². The third kappa shape index (κ3) is 5.31. The Morgan fingerprint density at radius 2 is 2.00 bits per heavy atom. The van der Waals surface area contributed by atoms with Gasteiger partial charge in [0.1, 0.15) is 0 Å². The maximum absolute atomic E-state index is 11.5. The van der Waals surface area contributed by atoms with Crippen LogP contribution < -0.4 is 20.1 Å². The van der Waals surface area contributed by atoms with E-state index in [4.69, 9.17) is 9.47 Å². The summed E-state index contributed by atoms with van der Waals surface area (Å²) in [6.45, 7) is 6.83. The third-order valence-corrected chi connectivity index (χ3v) is 3.02. The number of hydrogen-bond donors (Lipinski definition) is 2. The van der Waals surface area contributed by atoms with Crippen molar-refractivity contribution in [3.05, 3.63) is 60.8 Å². The first kappa shape index (κ1) is 17.3. The van der Waals surface area contributed by atoms with Crippen molar-refractivity contribution in [2.24, 2.45) is 0 Å². The number of nitrogens with one attached hydrogen (secondary N) is 2. The van der Waals surface area contributed by atoms with Gasteiger partial charge in [-0.2, -0.15) is 0 Å². The van der Waals surface area contributed by atoms with Gasteiger partial charge in [-0.15, -0.1) is 6.58 Å². The monoisotopic (exact) mass is 327 g/mol. The van der Waals surface area contributed by atoms with Crippen molar-refractivity contribution in [1.29, 1.82) is 0 Å². The molecule has 1 heterocycles. The standard InChI is InChI=1S/C18H21N3O3/c1-3-11-19-18(22)21-13-14-9-10-17(20-12-14)24-16-8-6-5-7-15(16)23-4-2/h3,5-10,12H,1,4,11,13H2,2H3,(H2,19,21,22). The number of amides is 2. The van der Waals surface area contributed by atoms with Crippen LogP contribution in [0.25, 0.3) is 0 Å². The summed E-state index contributed by atoms with van der Waals surface area (Å²) in [4.78, 5) is 15.7. The largest absolute Gasteiger partial charge is 0.490 e. The van der Waals surface area contributed by atoms with Crippen LogP contribution in [0.4, 0.5) is 4.79 Å². The molecule has 0 aliphatic rings. The topological polar surface area (TPSA) is 72.5 Å². The molecule has 2 N–H and O–H groups in total. The lowest BCUT2D eigenvalue weighted by Gasteiger charge is -2.11. The van der Waals surface area contributed by atoms with E-state index in [1.807, 2.05) is 37.3 Å². The van der Waals surface area contributed by atoms with E-state index in [9.17, 15) is 4.79 Å². The molecule has 0 fully saturated rings. The fourth-order valence-electron chi connectivity index (χ4n) is 1.91. The Labute approximate surface area is 141 Å². The minimum Gasteiger partial charge on any atom is -0.490 e. The first-order valence-electron chi connectivity index (χ1n) is 7.70. The van der Waals surface area contributed by atoms with Crippen LogP contribution in [0.3, 0.4) is 0 Å². The zero-order valence-corrected chi connectivity index (χ0v) is 13.6. The molecule has 0 spiro atoms. The highest BCUT2D eigenvalue weighted by Crippen LogP contribution is 2.30. The minimum absolute atomic E-state index is 0.249. The first-order valence-corrected chi connectivity index (χ1v) is 7.70. The summed E-state index contributed by atoms with van der Waals surface area (Å²) in [6, 6.07) is 10.8. The fraction of sp³-hybridized carbons (Fsp3) is 0.222. The van der Waals surface area contributed by atoms with Gasteiger partial charge in [0.05, 0.1) is 6.61 Å². The van der Waals surface area contributed by atoms with Gasteiger partial charge in [0.25, 0.3) is 0 Å². The lowest BCUT2D eigenvalue weighted by molar-refractivity contribution is 0.241. The molecule has 0 radical (unpaired) electrons. The summed E-state index contributed by atoms with van der Waals surface area (Å²) in [7, 11) is 0. The van der Waals surface area contributed by atoms with Gasteiger partial charge in [-0.25, -0.2) is 9.78 Å². The van der Waals surface area contributed by atoms with E-state index in [1.165, 1.54) is 0 Å². The highest BCUT2D eigenvalue weighted by atomic mass is 16.5. The highest BCUT2D eigenvalue weighted by molar-refractivity contribution is 5.73. The number of hydrogen-bond acceptors (Lipinski definition) is 4. The van der Waals surface area contributed by atoms with Crippen molar-refractivity contribution in [2.45, 2.75) is 13.5 Å². The number of benzene rings is 1. The molecule has 2 aromatic rings. The number of pyridine rings is 1. The number of urea groups is 1. The van der Waals surface area contributed by atoms with E-state index in [1.54, 1.807) is 18.3 Å². The second-order valence-corrected chi connectivity index (χ2v) is 4.84. The highest BCUT2D eigenvalue weighted by Gasteiger charge is 2.06. The summed E-state index contributed by atoms with van der Waals surface area (Å²) < 4.78 is 11.3. The molecule has 2 amide bonds. The number of rotatable bonds is 8. The summed E-state index contributed by atoms with van der Waals surface area (Å²) >= 11 is 0. The van der Waals surface area contributed by atoms with Gasteiger partial charge in [-0.3, -0.25) is 0 Å². The maximum Gasteiger partial charge on any atom is 0.315 e. The number of carbonyl (C=O) groups excluding carboxylic acids is 1. The molecular weight excluding hydrogens is 306 g/mol. The van der Waals surface area contributed by atoms with Crippen LogP contribution in [0.15, 0.2) is 55.3 Å². The lowest BCUT2D eigenvalue weighted by Crippen LogP contribution is -2.34. The molecule has 0 aliphatic carbocycles. The zero-order chi connectivity index (χ0) is 17.2. The number of aromatic nitrogens is 1.